The first-order chi connectivity index (χ1) is 14.2. The van der Waals surface area contributed by atoms with E-state index < -0.39 is 0 Å². The lowest BCUT2D eigenvalue weighted by Gasteiger charge is -2.05. The van der Waals surface area contributed by atoms with Crippen LogP contribution in [0.5, 0.6) is 17.2 Å². The van der Waals surface area contributed by atoms with Crippen molar-refractivity contribution in [2.24, 2.45) is 0 Å². The molecular weight excluding hydrogens is 392 g/mol. The van der Waals surface area contributed by atoms with Gasteiger partial charge in [0.05, 0.1) is 10.2 Å². The van der Waals surface area contributed by atoms with Crippen LogP contribution in [-0.4, -0.2) is 17.7 Å². The quantitative estimate of drug-likeness (QED) is 0.513. The molecule has 0 unspecified atom stereocenters. The zero-order valence-electron chi connectivity index (χ0n) is 15.4. The molecule has 0 spiro atoms. The number of ether oxygens (including phenoxy) is 3. The number of hydrogen-bond acceptors (Lipinski definition) is 7. The smallest absolute Gasteiger partial charge is 0.293 e. The lowest BCUT2D eigenvalue weighted by atomic mass is 10.2. The number of carbonyl (C=O) groups excluding carboxylic acids is 1. The molecule has 1 aliphatic heterocycles. The van der Waals surface area contributed by atoms with E-state index in [1.54, 1.807) is 30.3 Å². The fraction of sp³-hybridized carbons (Fsp3) is 0.143. The standard InChI is InChI=1S/C21H16N2O5S/c1-12-3-2-4-18-19(12)22-21(29-18)23-20(24)16-8-6-14(28-16)10-25-13-5-7-15-17(9-13)27-11-26-15/h2-9H,10-11H2,1H3,(H,22,23,24). The second kappa shape index (κ2) is 7.14. The summed E-state index contributed by atoms with van der Waals surface area (Å²) < 4.78 is 23.0. The molecule has 7 nitrogen and oxygen atoms in total. The first kappa shape index (κ1) is 17.6. The minimum Gasteiger partial charge on any atom is -0.486 e. The van der Waals surface area contributed by atoms with Gasteiger partial charge < -0.3 is 18.6 Å². The number of nitrogens with zero attached hydrogens (tertiary/aromatic N) is 1. The Labute approximate surface area is 169 Å². The summed E-state index contributed by atoms with van der Waals surface area (Å²) in [7, 11) is 0. The third-order valence-corrected chi connectivity index (χ3v) is 5.39. The highest BCUT2D eigenvalue weighted by Gasteiger charge is 2.16. The third kappa shape index (κ3) is 3.50. The molecule has 4 aromatic rings. The van der Waals surface area contributed by atoms with E-state index in [9.17, 15) is 4.79 Å². The predicted octanol–water partition coefficient (Wildman–Crippen LogP) is 4.76. The normalized spacial score (nSPS) is 12.3. The van der Waals surface area contributed by atoms with Gasteiger partial charge in [-0.2, -0.15) is 0 Å². The molecule has 2 aromatic heterocycles. The summed E-state index contributed by atoms with van der Waals surface area (Å²) in [6.45, 7) is 2.39. The van der Waals surface area contributed by atoms with E-state index in [4.69, 9.17) is 18.6 Å². The molecule has 0 bridgehead atoms. The largest absolute Gasteiger partial charge is 0.486 e. The molecule has 5 rings (SSSR count). The van der Waals surface area contributed by atoms with E-state index in [0.717, 1.165) is 15.8 Å². The first-order valence-corrected chi connectivity index (χ1v) is 9.76. The Balaban J connectivity index is 1.24. The summed E-state index contributed by atoms with van der Waals surface area (Å²) in [5, 5.41) is 3.33. The maximum absolute atomic E-state index is 12.5. The van der Waals surface area contributed by atoms with Crippen LogP contribution in [0.4, 0.5) is 5.13 Å². The Morgan fingerprint density at radius 2 is 2.07 bits per heavy atom. The second-order valence-electron chi connectivity index (χ2n) is 6.46. The van der Waals surface area contributed by atoms with Crippen LogP contribution < -0.4 is 19.5 Å². The van der Waals surface area contributed by atoms with Crippen LogP contribution in [0.3, 0.4) is 0 Å². The number of fused-ring (bicyclic) bond motifs is 2. The van der Waals surface area contributed by atoms with E-state index in [0.29, 0.717) is 28.1 Å². The van der Waals surface area contributed by atoms with E-state index in [1.807, 2.05) is 25.1 Å². The molecular formula is C21H16N2O5S. The average Bonchev–Trinajstić information content (AvgIpc) is 3.45. The molecule has 1 aliphatic rings. The van der Waals surface area contributed by atoms with Gasteiger partial charge in [-0.1, -0.05) is 23.5 Å². The molecule has 1 amide bonds. The number of rotatable bonds is 5. The molecule has 146 valence electrons. The summed E-state index contributed by atoms with van der Waals surface area (Å²) in [6.07, 6.45) is 0. The lowest BCUT2D eigenvalue weighted by molar-refractivity contribution is 0.0992. The molecule has 2 aromatic carbocycles. The summed E-state index contributed by atoms with van der Waals surface area (Å²) in [6, 6.07) is 14.6. The Morgan fingerprint density at radius 1 is 1.17 bits per heavy atom. The van der Waals surface area contributed by atoms with Gasteiger partial charge in [-0.05, 0) is 42.8 Å². The maximum Gasteiger partial charge on any atom is 0.293 e. The Kier molecular flexibility index (Phi) is 4.33. The molecule has 29 heavy (non-hydrogen) atoms. The highest BCUT2D eigenvalue weighted by atomic mass is 32.1. The fourth-order valence-corrected chi connectivity index (χ4v) is 3.94. The molecule has 8 heteroatoms. The lowest BCUT2D eigenvalue weighted by Crippen LogP contribution is -2.10. The van der Waals surface area contributed by atoms with Crippen molar-refractivity contribution < 1.29 is 23.4 Å². The minimum atomic E-state index is -0.351. The topological polar surface area (TPSA) is 82.8 Å². The number of hydrogen-bond donors (Lipinski definition) is 1. The molecule has 1 N–H and O–H groups in total. The van der Waals surface area contributed by atoms with E-state index in [2.05, 4.69) is 10.3 Å². The number of aromatic nitrogens is 1. The zero-order valence-corrected chi connectivity index (χ0v) is 16.2. The van der Waals surface area contributed by atoms with E-state index in [1.165, 1.54) is 11.3 Å². The van der Waals surface area contributed by atoms with Gasteiger partial charge in [0.1, 0.15) is 18.1 Å². The summed E-state index contributed by atoms with van der Waals surface area (Å²) in [4.78, 5) is 17.0. The molecule has 0 aliphatic carbocycles. The van der Waals surface area contributed by atoms with Gasteiger partial charge in [0.15, 0.2) is 22.4 Å². The van der Waals surface area contributed by atoms with Crippen molar-refractivity contribution >= 4 is 32.6 Å². The van der Waals surface area contributed by atoms with Gasteiger partial charge >= 0.3 is 0 Å². The first-order valence-electron chi connectivity index (χ1n) is 8.94. The fourth-order valence-electron chi connectivity index (χ4n) is 3.00. The van der Waals surface area contributed by atoms with Crippen molar-refractivity contribution in [1.82, 2.24) is 4.98 Å². The number of furan rings is 1. The minimum absolute atomic E-state index is 0.188. The number of carbonyl (C=O) groups is 1. The van der Waals surface area contributed by atoms with Gasteiger partial charge in [0, 0.05) is 6.07 Å². The Morgan fingerprint density at radius 3 is 2.97 bits per heavy atom. The van der Waals surface area contributed by atoms with Crippen molar-refractivity contribution in [3.63, 3.8) is 0 Å². The van der Waals surface area contributed by atoms with Crippen LogP contribution in [0.15, 0.2) is 52.9 Å². The number of anilines is 1. The number of amides is 1. The molecule has 0 radical (unpaired) electrons. The molecule has 0 saturated heterocycles. The highest BCUT2D eigenvalue weighted by Crippen LogP contribution is 2.35. The molecule has 0 atom stereocenters. The zero-order chi connectivity index (χ0) is 19.8. The van der Waals surface area contributed by atoms with Crippen molar-refractivity contribution in [3.8, 4) is 17.2 Å². The molecule has 3 heterocycles. The number of aryl methyl sites for hydroxylation is 1. The van der Waals surface area contributed by atoms with Gasteiger partial charge in [-0.15, -0.1) is 0 Å². The second-order valence-corrected chi connectivity index (χ2v) is 7.50. The van der Waals surface area contributed by atoms with Crippen LogP contribution >= 0.6 is 11.3 Å². The van der Waals surface area contributed by atoms with Crippen LogP contribution in [0.1, 0.15) is 21.9 Å². The Bertz CT molecular complexity index is 1210. The van der Waals surface area contributed by atoms with Crippen LogP contribution in [0.2, 0.25) is 0 Å². The SMILES string of the molecule is Cc1cccc2sc(NC(=O)c3ccc(COc4ccc5c(c4)OCO5)o3)nc12. The van der Waals surface area contributed by atoms with Crippen molar-refractivity contribution in [1.29, 1.82) is 0 Å². The van der Waals surface area contributed by atoms with Gasteiger partial charge in [0.25, 0.3) is 5.91 Å². The average molecular weight is 408 g/mol. The number of para-hydroxylation sites is 1. The third-order valence-electron chi connectivity index (χ3n) is 4.45. The van der Waals surface area contributed by atoms with E-state index >= 15 is 0 Å². The van der Waals surface area contributed by atoms with Crippen molar-refractivity contribution in [3.05, 3.63) is 65.6 Å². The number of thiazole rings is 1. The summed E-state index contributed by atoms with van der Waals surface area (Å²) in [5.74, 6) is 2.35. The summed E-state index contributed by atoms with van der Waals surface area (Å²) in [5.41, 5.74) is 1.96. The molecule has 0 saturated carbocycles. The Hall–Kier alpha value is -3.52. The summed E-state index contributed by atoms with van der Waals surface area (Å²) >= 11 is 1.43. The van der Waals surface area contributed by atoms with Gasteiger partial charge in [-0.25, -0.2) is 4.98 Å². The predicted molar refractivity (Wildman–Crippen MR) is 108 cm³/mol. The van der Waals surface area contributed by atoms with Gasteiger partial charge in [-0.3, -0.25) is 10.1 Å². The van der Waals surface area contributed by atoms with Crippen LogP contribution in [0, 0.1) is 6.92 Å². The highest BCUT2D eigenvalue weighted by molar-refractivity contribution is 7.22. The van der Waals surface area contributed by atoms with Crippen LogP contribution in [0.25, 0.3) is 10.2 Å². The molecule has 0 fully saturated rings. The number of benzene rings is 2. The van der Waals surface area contributed by atoms with Crippen molar-refractivity contribution in [2.45, 2.75) is 13.5 Å². The van der Waals surface area contributed by atoms with Crippen LogP contribution in [-0.2, 0) is 6.61 Å². The monoisotopic (exact) mass is 408 g/mol. The maximum atomic E-state index is 12.5. The number of nitrogens with one attached hydrogen (secondary N) is 1. The van der Waals surface area contributed by atoms with E-state index in [-0.39, 0.29) is 25.1 Å². The van der Waals surface area contributed by atoms with Crippen molar-refractivity contribution in [2.75, 3.05) is 12.1 Å². The van der Waals surface area contributed by atoms with Gasteiger partial charge in [0.2, 0.25) is 6.79 Å².